The summed E-state index contributed by atoms with van der Waals surface area (Å²) in [7, 11) is 0. The number of carbonyl (C=O) groups is 1. The van der Waals surface area contributed by atoms with Crippen molar-refractivity contribution >= 4 is 24.0 Å². The maximum Gasteiger partial charge on any atom is 0.153 e. The Balaban J connectivity index is 1.48. The van der Waals surface area contributed by atoms with Gasteiger partial charge in [-0.1, -0.05) is 66.6 Å². The number of ether oxygens (including phenoxy) is 1. The topological polar surface area (TPSA) is 49.8 Å². The third kappa shape index (κ3) is 6.18. The number of nitrogens with zero attached hydrogens (tertiary/aromatic N) is 1. The third-order valence-electron chi connectivity index (χ3n) is 7.06. The van der Waals surface area contributed by atoms with Crippen molar-refractivity contribution in [2.24, 2.45) is 0 Å². The number of benzene rings is 3. The van der Waals surface area contributed by atoms with Crippen LogP contribution in [0.3, 0.4) is 0 Å². The van der Waals surface area contributed by atoms with Crippen molar-refractivity contribution in [2.75, 3.05) is 19.6 Å². The van der Waals surface area contributed by atoms with E-state index < -0.39 is 0 Å². The molecular formula is C31H34ClNO3. The van der Waals surface area contributed by atoms with Crippen LogP contribution in [-0.2, 0) is 6.61 Å². The van der Waals surface area contributed by atoms with E-state index in [1.165, 1.54) is 66.7 Å². The average Bonchev–Trinajstić information content (AvgIpc) is 2.89. The molecule has 0 saturated carbocycles. The molecule has 1 saturated heterocycles. The fraction of sp³-hybridized carbons (Fsp3) is 0.323. The van der Waals surface area contributed by atoms with Gasteiger partial charge in [-0.25, -0.2) is 0 Å². The van der Waals surface area contributed by atoms with Crippen molar-refractivity contribution < 1.29 is 14.6 Å². The lowest BCUT2D eigenvalue weighted by atomic mass is 9.91. The SMILES string of the molecule is Cc1c(C=CCCN2CCCCC2)cccc1-c1cccc(COc2cc(O)c(C=O)cc2Cl)c1C. The van der Waals surface area contributed by atoms with Gasteiger partial charge < -0.3 is 14.7 Å². The largest absolute Gasteiger partial charge is 0.507 e. The Kier molecular flexibility index (Phi) is 8.84. The van der Waals surface area contributed by atoms with E-state index in [-0.39, 0.29) is 11.3 Å². The molecule has 1 aliphatic heterocycles. The maximum absolute atomic E-state index is 11.0. The lowest BCUT2D eigenvalue weighted by molar-refractivity contribution is 0.112. The minimum Gasteiger partial charge on any atom is -0.507 e. The van der Waals surface area contributed by atoms with Crippen molar-refractivity contribution in [1.82, 2.24) is 4.90 Å². The number of halogens is 1. The smallest absolute Gasteiger partial charge is 0.153 e. The molecule has 0 aliphatic carbocycles. The number of aromatic hydroxyl groups is 1. The summed E-state index contributed by atoms with van der Waals surface area (Å²) >= 11 is 6.24. The standard InChI is InChI=1S/C31H34ClNO3/c1-22-24(10-4-7-17-33-15-5-3-6-16-33)11-8-13-27(22)28-14-9-12-25(23(28)2)21-36-31-19-30(35)26(20-34)18-29(31)32/h4,8-14,18-20,35H,3,5-7,15-17,21H2,1-2H3. The number of aldehydes is 1. The second kappa shape index (κ2) is 12.2. The molecule has 0 unspecified atom stereocenters. The van der Waals surface area contributed by atoms with Gasteiger partial charge in [0.15, 0.2) is 6.29 Å². The maximum atomic E-state index is 11.0. The highest BCUT2D eigenvalue weighted by atomic mass is 35.5. The molecule has 0 amide bonds. The predicted octanol–water partition coefficient (Wildman–Crippen LogP) is 7.61. The van der Waals surface area contributed by atoms with Crippen molar-refractivity contribution in [1.29, 1.82) is 0 Å². The molecule has 3 aromatic carbocycles. The van der Waals surface area contributed by atoms with Gasteiger partial charge >= 0.3 is 0 Å². The summed E-state index contributed by atoms with van der Waals surface area (Å²) in [4.78, 5) is 13.6. The highest BCUT2D eigenvalue weighted by Gasteiger charge is 2.13. The Bertz CT molecular complexity index is 1240. The minimum atomic E-state index is -0.147. The van der Waals surface area contributed by atoms with E-state index in [4.69, 9.17) is 16.3 Å². The van der Waals surface area contributed by atoms with Gasteiger partial charge in [0, 0.05) is 12.6 Å². The molecule has 0 atom stereocenters. The first-order valence-corrected chi connectivity index (χ1v) is 13.0. The molecule has 188 valence electrons. The average molecular weight is 504 g/mol. The molecular weight excluding hydrogens is 470 g/mol. The third-order valence-corrected chi connectivity index (χ3v) is 7.36. The van der Waals surface area contributed by atoms with Crippen LogP contribution >= 0.6 is 11.6 Å². The van der Waals surface area contributed by atoms with Crippen LogP contribution in [0.15, 0.2) is 54.6 Å². The van der Waals surface area contributed by atoms with E-state index >= 15 is 0 Å². The normalized spacial score (nSPS) is 14.3. The lowest BCUT2D eigenvalue weighted by Crippen LogP contribution is -2.30. The monoisotopic (exact) mass is 503 g/mol. The molecule has 1 fully saturated rings. The van der Waals surface area contributed by atoms with Gasteiger partial charge in [-0.15, -0.1) is 0 Å². The fourth-order valence-electron chi connectivity index (χ4n) is 4.83. The Morgan fingerprint density at radius 3 is 2.44 bits per heavy atom. The molecule has 3 aromatic rings. The number of hydrogen-bond acceptors (Lipinski definition) is 4. The van der Waals surface area contributed by atoms with Crippen LogP contribution in [0.2, 0.25) is 5.02 Å². The summed E-state index contributed by atoms with van der Waals surface area (Å²) in [6, 6.07) is 15.5. The Morgan fingerprint density at radius 2 is 1.69 bits per heavy atom. The number of rotatable bonds is 9. The molecule has 1 N–H and O–H groups in total. The van der Waals surface area contributed by atoms with Gasteiger partial charge in [-0.3, -0.25) is 4.79 Å². The lowest BCUT2D eigenvalue weighted by Gasteiger charge is -2.25. The van der Waals surface area contributed by atoms with Crippen LogP contribution in [0.5, 0.6) is 11.5 Å². The van der Waals surface area contributed by atoms with Crippen LogP contribution < -0.4 is 4.74 Å². The second-order valence-electron chi connectivity index (χ2n) is 9.45. The molecule has 1 aliphatic rings. The van der Waals surface area contributed by atoms with E-state index in [9.17, 15) is 9.90 Å². The summed E-state index contributed by atoms with van der Waals surface area (Å²) < 4.78 is 5.92. The van der Waals surface area contributed by atoms with Crippen LogP contribution in [0.4, 0.5) is 0 Å². The van der Waals surface area contributed by atoms with Crippen molar-refractivity contribution in [3.05, 3.63) is 87.4 Å². The zero-order valence-electron chi connectivity index (χ0n) is 21.1. The van der Waals surface area contributed by atoms with Gasteiger partial charge in [-0.2, -0.15) is 0 Å². The number of phenols is 1. The van der Waals surface area contributed by atoms with Gasteiger partial charge in [-0.05, 0) is 85.6 Å². The molecule has 4 rings (SSSR count). The van der Waals surface area contributed by atoms with Crippen molar-refractivity contribution in [2.45, 2.75) is 46.1 Å². The van der Waals surface area contributed by atoms with Gasteiger partial charge in [0.2, 0.25) is 0 Å². The van der Waals surface area contributed by atoms with Crippen LogP contribution in [0.25, 0.3) is 17.2 Å². The van der Waals surface area contributed by atoms with Crippen LogP contribution in [0, 0.1) is 13.8 Å². The van der Waals surface area contributed by atoms with Gasteiger partial charge in [0.05, 0.1) is 10.6 Å². The summed E-state index contributed by atoms with van der Waals surface area (Å²) in [5, 5.41) is 10.3. The molecule has 0 bridgehead atoms. The molecule has 36 heavy (non-hydrogen) atoms. The number of likely N-dealkylation sites (tertiary alicyclic amines) is 1. The zero-order valence-corrected chi connectivity index (χ0v) is 21.9. The molecule has 5 heteroatoms. The highest BCUT2D eigenvalue weighted by molar-refractivity contribution is 6.32. The number of piperidine rings is 1. The zero-order chi connectivity index (χ0) is 25.5. The van der Waals surface area contributed by atoms with E-state index in [1.807, 2.05) is 12.1 Å². The Labute approximate surface area is 219 Å². The number of phenolic OH excluding ortho intramolecular Hbond substituents is 1. The Hall–Kier alpha value is -3.08. The highest BCUT2D eigenvalue weighted by Crippen LogP contribution is 2.34. The second-order valence-corrected chi connectivity index (χ2v) is 9.86. The summed E-state index contributed by atoms with van der Waals surface area (Å²) in [5.74, 6) is 0.198. The van der Waals surface area contributed by atoms with Gasteiger partial charge in [0.1, 0.15) is 18.1 Å². The van der Waals surface area contributed by atoms with Crippen LogP contribution in [-0.4, -0.2) is 35.9 Å². The molecule has 0 aromatic heterocycles. The van der Waals surface area contributed by atoms with Crippen molar-refractivity contribution in [3.8, 4) is 22.6 Å². The predicted molar refractivity (Wildman–Crippen MR) is 148 cm³/mol. The minimum absolute atomic E-state index is 0.140. The van der Waals surface area contributed by atoms with E-state index in [0.29, 0.717) is 23.7 Å². The summed E-state index contributed by atoms with van der Waals surface area (Å²) in [5.41, 5.74) is 7.18. The van der Waals surface area contributed by atoms with E-state index in [2.05, 4.69) is 55.2 Å². The first-order valence-electron chi connectivity index (χ1n) is 12.7. The molecule has 4 nitrogen and oxygen atoms in total. The number of hydrogen-bond donors (Lipinski definition) is 1. The summed E-state index contributed by atoms with van der Waals surface area (Å²) in [6.07, 6.45) is 10.2. The van der Waals surface area contributed by atoms with Gasteiger partial charge in [0.25, 0.3) is 0 Å². The Morgan fingerprint density at radius 1 is 0.972 bits per heavy atom. The van der Waals surface area contributed by atoms with E-state index in [1.54, 1.807) is 0 Å². The number of carbonyl (C=O) groups excluding carboxylic acids is 1. The molecule has 0 spiro atoms. The molecule has 1 heterocycles. The summed E-state index contributed by atoms with van der Waals surface area (Å²) in [6.45, 7) is 8.19. The molecule has 0 radical (unpaired) electrons. The fourth-order valence-corrected chi connectivity index (χ4v) is 5.05. The first-order chi connectivity index (χ1) is 17.5. The van der Waals surface area contributed by atoms with Crippen LogP contribution in [0.1, 0.15) is 58.3 Å². The quantitative estimate of drug-likeness (QED) is 0.305. The first kappa shape index (κ1) is 26.0. The van der Waals surface area contributed by atoms with Crippen molar-refractivity contribution in [3.63, 3.8) is 0 Å². The van der Waals surface area contributed by atoms with E-state index in [0.717, 1.165) is 24.1 Å².